The molecule has 0 N–H and O–H groups in total. The predicted octanol–water partition coefficient (Wildman–Crippen LogP) is 3.33. The zero-order valence-corrected chi connectivity index (χ0v) is 11.3. The second-order valence-electron chi connectivity index (χ2n) is 5.41. The molecule has 2 aliphatic rings. The van der Waals surface area contributed by atoms with Crippen molar-refractivity contribution >= 4 is 6.21 Å². The van der Waals surface area contributed by atoms with Gasteiger partial charge in [-0.15, -0.1) is 0 Å². The molecule has 1 aromatic carbocycles. The smallest absolute Gasteiger partial charge is 0.169 e. The Morgan fingerprint density at radius 2 is 1.95 bits per heavy atom. The molecule has 3 heteroatoms. The second-order valence-corrected chi connectivity index (χ2v) is 5.41. The summed E-state index contributed by atoms with van der Waals surface area (Å²) >= 11 is 0. The highest BCUT2D eigenvalue weighted by Crippen LogP contribution is 2.37. The number of hydrogen-bond acceptors (Lipinski definition) is 3. The first-order chi connectivity index (χ1) is 9.36. The van der Waals surface area contributed by atoms with Crippen molar-refractivity contribution in [3.8, 4) is 0 Å². The van der Waals surface area contributed by atoms with Crippen molar-refractivity contribution in [3.63, 3.8) is 0 Å². The van der Waals surface area contributed by atoms with E-state index in [1.165, 1.54) is 24.8 Å². The third-order valence-corrected chi connectivity index (χ3v) is 3.88. The van der Waals surface area contributed by atoms with Crippen LogP contribution in [0.4, 0.5) is 0 Å². The second kappa shape index (κ2) is 5.85. The van der Waals surface area contributed by atoms with Gasteiger partial charge < -0.3 is 9.47 Å². The minimum atomic E-state index is -0.290. The van der Waals surface area contributed by atoms with Gasteiger partial charge in [0, 0.05) is 19.1 Å². The number of hydrogen-bond donors (Lipinski definition) is 0. The van der Waals surface area contributed by atoms with E-state index in [9.17, 15) is 0 Å². The van der Waals surface area contributed by atoms with Crippen LogP contribution in [0.5, 0.6) is 0 Å². The van der Waals surface area contributed by atoms with Crippen LogP contribution in [0, 0.1) is 0 Å². The lowest BCUT2D eigenvalue weighted by Crippen LogP contribution is -2.33. The Bertz CT molecular complexity index is 424. The van der Waals surface area contributed by atoms with Crippen molar-refractivity contribution in [1.29, 1.82) is 0 Å². The Balaban J connectivity index is 1.51. The average molecular weight is 259 g/mol. The largest absolute Gasteiger partial charge is 0.347 e. The van der Waals surface area contributed by atoms with Gasteiger partial charge in [0.05, 0.1) is 13.2 Å². The molecule has 0 radical (unpaired) electrons. The van der Waals surface area contributed by atoms with E-state index >= 15 is 0 Å². The lowest BCUT2D eigenvalue weighted by Gasteiger charge is -2.31. The Labute approximate surface area is 114 Å². The van der Waals surface area contributed by atoms with Crippen molar-refractivity contribution in [2.75, 3.05) is 6.61 Å². The number of ether oxygens (including phenoxy) is 2. The van der Waals surface area contributed by atoms with E-state index in [2.05, 4.69) is 17.1 Å². The maximum atomic E-state index is 6.06. The molecule has 0 aromatic heterocycles. The zero-order valence-electron chi connectivity index (χ0n) is 11.3. The molecular formula is C16H21NO2. The van der Waals surface area contributed by atoms with E-state index < -0.39 is 0 Å². The Morgan fingerprint density at radius 3 is 2.74 bits per heavy atom. The summed E-state index contributed by atoms with van der Waals surface area (Å²) in [5.41, 5.74) is 1.23. The summed E-state index contributed by atoms with van der Waals surface area (Å²) in [6.07, 6.45) is 7.76. The third-order valence-electron chi connectivity index (χ3n) is 3.88. The van der Waals surface area contributed by atoms with Crippen LogP contribution in [-0.4, -0.2) is 24.7 Å². The minimum Gasteiger partial charge on any atom is -0.347 e. The van der Waals surface area contributed by atoms with Crippen molar-refractivity contribution in [1.82, 2.24) is 0 Å². The molecule has 3 rings (SSSR count). The molecule has 1 saturated heterocycles. The van der Waals surface area contributed by atoms with Gasteiger partial charge in [0.15, 0.2) is 5.79 Å². The summed E-state index contributed by atoms with van der Waals surface area (Å²) in [6, 6.07) is 10.3. The molecule has 1 spiro atoms. The van der Waals surface area contributed by atoms with Gasteiger partial charge >= 0.3 is 0 Å². The lowest BCUT2D eigenvalue weighted by molar-refractivity contribution is -0.181. The highest BCUT2D eigenvalue weighted by atomic mass is 16.7. The fourth-order valence-electron chi connectivity index (χ4n) is 2.86. The molecular weight excluding hydrogens is 238 g/mol. The van der Waals surface area contributed by atoms with E-state index in [1.54, 1.807) is 0 Å². The van der Waals surface area contributed by atoms with Crippen LogP contribution in [0.25, 0.3) is 0 Å². The van der Waals surface area contributed by atoms with Crippen LogP contribution >= 0.6 is 0 Å². The van der Waals surface area contributed by atoms with E-state index in [0.717, 1.165) is 12.8 Å². The van der Waals surface area contributed by atoms with Crippen LogP contribution in [0.1, 0.15) is 37.7 Å². The van der Waals surface area contributed by atoms with Crippen LogP contribution in [0.3, 0.4) is 0 Å². The zero-order chi connectivity index (χ0) is 13.0. The summed E-state index contributed by atoms with van der Waals surface area (Å²) < 4.78 is 11.9. The van der Waals surface area contributed by atoms with E-state index in [-0.39, 0.29) is 11.9 Å². The standard InChI is InChI=1S/C16H21NO2/c1-3-7-14(8-4-1)11-17-12-15-13-18-16(19-15)9-5-2-6-10-16/h1,3-4,7-8,12,15H,2,5-6,9-11,13H2/t15-/m0/s1. The molecule has 1 aliphatic heterocycles. The van der Waals surface area contributed by atoms with Crippen LogP contribution in [-0.2, 0) is 16.0 Å². The van der Waals surface area contributed by atoms with Gasteiger partial charge in [0.2, 0.25) is 0 Å². The van der Waals surface area contributed by atoms with Crippen molar-refractivity contribution < 1.29 is 9.47 Å². The summed E-state index contributed by atoms with van der Waals surface area (Å²) in [5, 5.41) is 0. The predicted molar refractivity (Wildman–Crippen MR) is 75.3 cm³/mol. The molecule has 1 aromatic rings. The van der Waals surface area contributed by atoms with Crippen LogP contribution in [0.15, 0.2) is 35.3 Å². The highest BCUT2D eigenvalue weighted by Gasteiger charge is 2.41. The highest BCUT2D eigenvalue weighted by molar-refractivity contribution is 5.63. The summed E-state index contributed by atoms with van der Waals surface area (Å²) in [4.78, 5) is 4.47. The fourth-order valence-corrected chi connectivity index (χ4v) is 2.86. The number of nitrogens with zero attached hydrogens (tertiary/aromatic N) is 1. The Hall–Kier alpha value is -1.19. The molecule has 19 heavy (non-hydrogen) atoms. The molecule has 1 aliphatic carbocycles. The number of benzene rings is 1. The number of aliphatic imine (C=N–C) groups is 1. The first-order valence-electron chi connectivity index (χ1n) is 7.22. The maximum absolute atomic E-state index is 6.06. The summed E-state index contributed by atoms with van der Waals surface area (Å²) in [5.74, 6) is -0.290. The van der Waals surface area contributed by atoms with E-state index in [1.807, 2.05) is 24.4 Å². The monoisotopic (exact) mass is 259 g/mol. The SMILES string of the molecule is C(=NCc1ccccc1)[C@H]1COC2(CCCCC2)O1. The van der Waals surface area contributed by atoms with E-state index in [0.29, 0.717) is 13.2 Å². The molecule has 1 heterocycles. The fraction of sp³-hybridized carbons (Fsp3) is 0.562. The molecule has 0 bridgehead atoms. The average Bonchev–Trinajstić information content (AvgIpc) is 2.84. The number of rotatable bonds is 3. The normalized spacial score (nSPS) is 26.2. The Kier molecular flexibility index (Phi) is 3.95. The molecule has 102 valence electrons. The third kappa shape index (κ3) is 3.23. The molecule has 0 amide bonds. The van der Waals surface area contributed by atoms with Gasteiger partial charge in [-0.1, -0.05) is 36.8 Å². The van der Waals surface area contributed by atoms with Gasteiger partial charge in [0.1, 0.15) is 6.10 Å². The van der Waals surface area contributed by atoms with Gasteiger partial charge in [0.25, 0.3) is 0 Å². The Morgan fingerprint density at radius 1 is 1.16 bits per heavy atom. The molecule has 1 atom stereocenters. The summed E-state index contributed by atoms with van der Waals surface area (Å²) in [7, 11) is 0. The van der Waals surface area contributed by atoms with Gasteiger partial charge in [-0.05, 0) is 18.4 Å². The molecule has 0 unspecified atom stereocenters. The molecule has 1 saturated carbocycles. The van der Waals surface area contributed by atoms with Crippen molar-refractivity contribution in [3.05, 3.63) is 35.9 Å². The lowest BCUT2D eigenvalue weighted by atomic mass is 9.94. The van der Waals surface area contributed by atoms with E-state index in [4.69, 9.17) is 9.47 Å². The van der Waals surface area contributed by atoms with Gasteiger partial charge in [-0.25, -0.2) is 0 Å². The van der Waals surface area contributed by atoms with Gasteiger partial charge in [-0.2, -0.15) is 0 Å². The first-order valence-corrected chi connectivity index (χ1v) is 7.22. The first kappa shape index (κ1) is 12.8. The molecule has 2 fully saturated rings. The van der Waals surface area contributed by atoms with Gasteiger partial charge in [-0.3, -0.25) is 4.99 Å². The maximum Gasteiger partial charge on any atom is 0.169 e. The quantitative estimate of drug-likeness (QED) is 0.779. The summed E-state index contributed by atoms with van der Waals surface area (Å²) in [6.45, 7) is 1.37. The van der Waals surface area contributed by atoms with Crippen molar-refractivity contribution in [2.45, 2.75) is 50.5 Å². The van der Waals surface area contributed by atoms with Crippen LogP contribution < -0.4 is 0 Å². The molecule has 3 nitrogen and oxygen atoms in total. The van der Waals surface area contributed by atoms with Crippen molar-refractivity contribution in [2.24, 2.45) is 4.99 Å². The van der Waals surface area contributed by atoms with Crippen LogP contribution in [0.2, 0.25) is 0 Å². The topological polar surface area (TPSA) is 30.8 Å². The minimum absolute atomic E-state index is 0.0295.